The minimum Gasteiger partial charge on any atom is -0.341 e. The summed E-state index contributed by atoms with van der Waals surface area (Å²) in [4.78, 5) is 0. The van der Waals surface area contributed by atoms with E-state index < -0.39 is 0 Å². The second-order valence-electron chi connectivity index (χ2n) is 10.8. The van der Waals surface area contributed by atoms with Gasteiger partial charge >= 0.3 is 7.56 Å². The van der Waals surface area contributed by atoms with Crippen LogP contribution in [0.25, 0.3) is 0 Å². The van der Waals surface area contributed by atoms with Crippen molar-refractivity contribution in [2.24, 2.45) is 10.8 Å². The highest BCUT2D eigenvalue weighted by Crippen LogP contribution is 2.50. The van der Waals surface area contributed by atoms with E-state index in [4.69, 9.17) is 0 Å². The van der Waals surface area contributed by atoms with Crippen molar-refractivity contribution >= 4 is 22.1 Å². The van der Waals surface area contributed by atoms with Gasteiger partial charge in [0, 0.05) is 0 Å². The molecule has 0 bridgehead atoms. The molecule has 0 aromatic rings. The highest BCUT2D eigenvalue weighted by molar-refractivity contribution is 6.44. The van der Waals surface area contributed by atoms with Gasteiger partial charge in [-0.2, -0.15) is 0 Å². The molecular formula is C19H42B3F. The van der Waals surface area contributed by atoms with Crippen LogP contribution in [0.4, 0.5) is 4.32 Å². The summed E-state index contributed by atoms with van der Waals surface area (Å²) < 4.78 is 13.3. The minimum absolute atomic E-state index is 0.204. The van der Waals surface area contributed by atoms with Gasteiger partial charge in [0.2, 0.25) is 0 Å². The highest BCUT2D eigenvalue weighted by atomic mass is 19.1. The van der Waals surface area contributed by atoms with E-state index in [2.05, 4.69) is 76.2 Å². The Morgan fingerprint density at radius 2 is 1.09 bits per heavy atom. The van der Waals surface area contributed by atoms with Gasteiger partial charge in [0.1, 0.15) is 14.6 Å². The number of hydrogen-bond acceptors (Lipinski definition) is 0. The largest absolute Gasteiger partial charge is 0.341 e. The summed E-state index contributed by atoms with van der Waals surface area (Å²) in [6.45, 7) is 25.5. The van der Waals surface area contributed by atoms with Crippen molar-refractivity contribution in [1.29, 1.82) is 0 Å². The summed E-state index contributed by atoms with van der Waals surface area (Å²) in [5.41, 5.74) is 0.635. The molecule has 0 aromatic heterocycles. The van der Waals surface area contributed by atoms with Crippen LogP contribution in [0.15, 0.2) is 0 Å². The van der Waals surface area contributed by atoms with Gasteiger partial charge in [-0.25, -0.2) is 0 Å². The maximum atomic E-state index is 13.3. The predicted octanol–water partition coefficient (Wildman–Crippen LogP) is 6.07. The Balaban J connectivity index is 4.90. The Morgan fingerprint density at radius 1 is 0.696 bits per heavy atom. The van der Waals surface area contributed by atoms with Crippen LogP contribution in [0.2, 0.25) is 28.6 Å². The lowest BCUT2D eigenvalue weighted by Crippen LogP contribution is -2.34. The first kappa shape index (κ1) is 23.1. The molecule has 23 heavy (non-hydrogen) atoms. The van der Waals surface area contributed by atoms with Gasteiger partial charge in [-0.1, -0.05) is 99.4 Å². The smallest absolute Gasteiger partial charge is 0.336 e. The van der Waals surface area contributed by atoms with Gasteiger partial charge in [0.25, 0.3) is 0 Å². The molecule has 0 N–H and O–H groups in total. The quantitative estimate of drug-likeness (QED) is 0.428. The first-order valence-corrected chi connectivity index (χ1v) is 9.71. The zero-order chi connectivity index (χ0) is 18.6. The van der Waals surface area contributed by atoms with Gasteiger partial charge < -0.3 is 4.32 Å². The Labute approximate surface area is 148 Å². The molecule has 0 fully saturated rings. The summed E-state index contributed by atoms with van der Waals surface area (Å²) >= 11 is 0. The lowest BCUT2D eigenvalue weighted by Gasteiger charge is -2.44. The van der Waals surface area contributed by atoms with Crippen molar-refractivity contribution in [1.82, 2.24) is 0 Å². The molecule has 0 spiro atoms. The van der Waals surface area contributed by atoms with Crippen LogP contribution in [0.5, 0.6) is 0 Å². The van der Waals surface area contributed by atoms with E-state index in [1.165, 1.54) is 13.7 Å². The van der Waals surface area contributed by atoms with E-state index in [1.807, 2.05) is 0 Å². The molecule has 0 aliphatic heterocycles. The zero-order valence-electron chi connectivity index (χ0n) is 18.0. The van der Waals surface area contributed by atoms with Gasteiger partial charge in [0.05, 0.1) is 0 Å². The molecule has 4 heteroatoms. The third-order valence-electron chi connectivity index (χ3n) is 6.79. The van der Waals surface area contributed by atoms with E-state index in [9.17, 15) is 4.32 Å². The zero-order valence-corrected chi connectivity index (χ0v) is 18.0. The molecule has 0 aliphatic rings. The average molecular weight is 322 g/mol. The van der Waals surface area contributed by atoms with Crippen LogP contribution in [-0.4, -0.2) is 22.1 Å². The van der Waals surface area contributed by atoms with Crippen molar-refractivity contribution in [3.05, 3.63) is 0 Å². The second kappa shape index (κ2) is 8.48. The van der Waals surface area contributed by atoms with Crippen LogP contribution in [-0.2, 0) is 0 Å². The molecule has 134 valence electrons. The fraction of sp³-hybridized carbons (Fsp3) is 1.00. The van der Waals surface area contributed by atoms with Crippen LogP contribution < -0.4 is 0 Å². The third-order valence-corrected chi connectivity index (χ3v) is 6.79. The van der Waals surface area contributed by atoms with E-state index in [1.54, 1.807) is 0 Å². The molecule has 0 nitrogen and oxygen atoms in total. The van der Waals surface area contributed by atoms with Gasteiger partial charge in [-0.15, -0.1) is 0 Å². The van der Waals surface area contributed by atoms with Gasteiger partial charge in [-0.05, 0) is 22.6 Å². The van der Waals surface area contributed by atoms with Gasteiger partial charge in [-0.3, -0.25) is 0 Å². The highest BCUT2D eigenvalue weighted by Gasteiger charge is 2.39. The summed E-state index contributed by atoms with van der Waals surface area (Å²) in [6.07, 6.45) is 1.23. The van der Waals surface area contributed by atoms with E-state index in [-0.39, 0.29) is 18.3 Å². The molecule has 0 amide bonds. The standard InChI is InChI=1S/C19H42B3F/c1-13(2)20-14(3)17(6,7)12-18(8,9)15(4)21-16(5)19(10,11)22-23/h13-16,20-22H,12H2,1-11H3. The first-order chi connectivity index (χ1) is 10.2. The Kier molecular flexibility index (Phi) is 8.52. The van der Waals surface area contributed by atoms with Crippen molar-refractivity contribution in [2.45, 2.75) is 111 Å². The van der Waals surface area contributed by atoms with E-state index >= 15 is 0 Å². The van der Waals surface area contributed by atoms with Crippen LogP contribution >= 0.6 is 0 Å². The fourth-order valence-corrected chi connectivity index (χ4v) is 3.85. The SMILES string of the molecule is CC(C)BC(C)C(C)(C)CC(C)(C)C(C)BC(C)C(C)(C)BF. The number of rotatable bonds is 10. The Morgan fingerprint density at radius 3 is 1.43 bits per heavy atom. The van der Waals surface area contributed by atoms with Crippen molar-refractivity contribution in [3.63, 3.8) is 0 Å². The topological polar surface area (TPSA) is 0 Å². The molecule has 0 aromatic carbocycles. The summed E-state index contributed by atoms with van der Waals surface area (Å²) in [5.74, 6) is 2.51. The maximum Gasteiger partial charge on any atom is 0.336 e. The first-order valence-electron chi connectivity index (χ1n) is 9.71. The Bertz CT molecular complexity index is 351. The van der Waals surface area contributed by atoms with E-state index in [0.717, 1.165) is 18.9 Å². The summed E-state index contributed by atoms with van der Waals surface area (Å²) in [5, 5.41) is -0.204. The lowest BCUT2D eigenvalue weighted by atomic mass is 9.38. The molecule has 0 aliphatic carbocycles. The predicted molar refractivity (Wildman–Crippen MR) is 112 cm³/mol. The lowest BCUT2D eigenvalue weighted by molar-refractivity contribution is 0.181. The second-order valence-corrected chi connectivity index (χ2v) is 10.8. The molecule has 3 unspecified atom stereocenters. The van der Waals surface area contributed by atoms with Crippen molar-refractivity contribution < 1.29 is 4.32 Å². The molecular weight excluding hydrogens is 280 g/mol. The number of halogens is 1. The molecule has 0 radical (unpaired) electrons. The Hall–Kier alpha value is 0.125. The molecule has 3 atom stereocenters. The van der Waals surface area contributed by atoms with Crippen molar-refractivity contribution in [2.75, 3.05) is 0 Å². The minimum atomic E-state index is -0.224. The molecule has 0 saturated carbocycles. The summed E-state index contributed by atoms with van der Waals surface area (Å²) in [6, 6.07) is 0. The van der Waals surface area contributed by atoms with Crippen LogP contribution in [0, 0.1) is 10.8 Å². The van der Waals surface area contributed by atoms with Crippen molar-refractivity contribution in [3.8, 4) is 0 Å². The average Bonchev–Trinajstić information content (AvgIpc) is 2.36. The third kappa shape index (κ3) is 7.26. The normalized spacial score (nSPS) is 17.6. The maximum absolute atomic E-state index is 13.3. The summed E-state index contributed by atoms with van der Waals surface area (Å²) in [7, 11) is 2.18. The van der Waals surface area contributed by atoms with E-state index in [0.29, 0.717) is 17.0 Å². The van der Waals surface area contributed by atoms with Crippen LogP contribution in [0.3, 0.4) is 0 Å². The molecule has 0 saturated heterocycles. The number of hydrogen-bond donors (Lipinski definition) is 0. The molecule has 0 heterocycles. The van der Waals surface area contributed by atoms with Crippen LogP contribution in [0.1, 0.15) is 82.6 Å². The fourth-order valence-electron chi connectivity index (χ4n) is 3.85. The van der Waals surface area contributed by atoms with Gasteiger partial charge in [0.15, 0.2) is 0 Å². The molecule has 0 rings (SSSR count). The monoisotopic (exact) mass is 322 g/mol.